The molecule has 2 amide bonds. The van der Waals surface area contributed by atoms with Crippen LogP contribution in [-0.4, -0.2) is 30.2 Å². The minimum atomic E-state index is -1.01. The predicted molar refractivity (Wildman–Crippen MR) is 83.7 cm³/mol. The van der Waals surface area contributed by atoms with Gasteiger partial charge >= 0.3 is 12.0 Å². The predicted octanol–water partition coefficient (Wildman–Crippen LogP) is 2.95. The summed E-state index contributed by atoms with van der Waals surface area (Å²) < 4.78 is 0. The van der Waals surface area contributed by atoms with Crippen LogP contribution in [0.25, 0.3) is 0 Å². The average Bonchev–Trinajstić information content (AvgIpc) is 2.42. The summed E-state index contributed by atoms with van der Waals surface area (Å²) in [5, 5.41) is 11.8. The van der Waals surface area contributed by atoms with Crippen LogP contribution in [-0.2, 0) is 4.79 Å². The third-order valence-corrected chi connectivity index (χ3v) is 3.78. The Morgan fingerprint density at radius 3 is 2.43 bits per heavy atom. The van der Waals surface area contributed by atoms with Crippen LogP contribution in [0.15, 0.2) is 18.2 Å². The normalized spacial score (nSPS) is 13.4. The van der Waals surface area contributed by atoms with Gasteiger partial charge in [-0.2, -0.15) is 0 Å². The fourth-order valence-electron chi connectivity index (χ4n) is 2.20. The van der Waals surface area contributed by atoms with Crippen molar-refractivity contribution in [2.24, 2.45) is 5.92 Å². The van der Waals surface area contributed by atoms with Crippen molar-refractivity contribution >= 4 is 17.7 Å². The number of nitrogens with zero attached hydrogens (tertiary/aromatic N) is 1. The first kappa shape index (κ1) is 17.0. The number of carboxylic acids is 1. The summed E-state index contributed by atoms with van der Waals surface area (Å²) in [6.07, 6.45) is 0.685. The van der Waals surface area contributed by atoms with Crippen molar-refractivity contribution < 1.29 is 14.7 Å². The van der Waals surface area contributed by atoms with E-state index in [9.17, 15) is 14.7 Å². The summed E-state index contributed by atoms with van der Waals surface area (Å²) >= 11 is 0. The largest absolute Gasteiger partial charge is 0.480 e. The van der Waals surface area contributed by atoms with Crippen molar-refractivity contribution in [2.45, 2.75) is 40.2 Å². The first-order chi connectivity index (χ1) is 9.77. The summed E-state index contributed by atoms with van der Waals surface area (Å²) in [5.41, 5.74) is 2.86. The average molecular weight is 292 g/mol. The maximum atomic E-state index is 12.3. The number of aryl methyl sites for hydroxylation is 2. The highest BCUT2D eigenvalue weighted by molar-refractivity contribution is 5.94. The van der Waals surface area contributed by atoms with Gasteiger partial charge in [-0.25, -0.2) is 9.59 Å². The fraction of sp³-hybridized carbons (Fsp3) is 0.500. The number of carbonyl (C=O) groups is 2. The highest BCUT2D eigenvalue weighted by atomic mass is 16.4. The molecule has 0 saturated carbocycles. The Balaban J connectivity index is 2.89. The van der Waals surface area contributed by atoms with E-state index in [-0.39, 0.29) is 5.92 Å². The van der Waals surface area contributed by atoms with E-state index in [4.69, 9.17) is 0 Å². The topological polar surface area (TPSA) is 69.6 Å². The van der Waals surface area contributed by atoms with E-state index in [1.54, 1.807) is 7.05 Å². The molecule has 116 valence electrons. The lowest BCUT2D eigenvalue weighted by Crippen LogP contribution is -2.49. The summed E-state index contributed by atoms with van der Waals surface area (Å²) in [6.45, 7) is 7.63. The standard InChI is InChI=1S/C16H24N2O3/c1-6-11(3)14(15(19)20)17-16(21)18(5)13-8-7-10(2)9-12(13)4/h7-9,11,14H,6H2,1-5H3,(H,17,21)(H,19,20)/t11?,14-/m0/s1. The number of carboxylic acid groups (broad SMARTS) is 1. The van der Waals surface area contributed by atoms with E-state index in [1.807, 2.05) is 45.9 Å². The van der Waals surface area contributed by atoms with Gasteiger partial charge < -0.3 is 10.4 Å². The van der Waals surface area contributed by atoms with Gasteiger partial charge in [0.1, 0.15) is 6.04 Å². The lowest BCUT2D eigenvalue weighted by Gasteiger charge is -2.25. The molecule has 1 unspecified atom stereocenters. The molecule has 2 N–H and O–H groups in total. The Morgan fingerprint density at radius 2 is 1.95 bits per heavy atom. The van der Waals surface area contributed by atoms with E-state index in [2.05, 4.69) is 5.32 Å². The van der Waals surface area contributed by atoms with Gasteiger partial charge in [0, 0.05) is 12.7 Å². The van der Waals surface area contributed by atoms with Crippen LogP contribution >= 0.6 is 0 Å². The minimum absolute atomic E-state index is 0.126. The summed E-state index contributed by atoms with van der Waals surface area (Å²) in [4.78, 5) is 25.0. The van der Waals surface area contributed by atoms with Crippen molar-refractivity contribution in [1.29, 1.82) is 0 Å². The van der Waals surface area contributed by atoms with Crippen molar-refractivity contribution in [3.63, 3.8) is 0 Å². The van der Waals surface area contributed by atoms with Gasteiger partial charge in [-0.1, -0.05) is 38.0 Å². The van der Waals surface area contributed by atoms with E-state index in [0.29, 0.717) is 6.42 Å². The van der Waals surface area contributed by atoms with Crippen LogP contribution in [0.2, 0.25) is 0 Å². The number of anilines is 1. The minimum Gasteiger partial charge on any atom is -0.480 e. The van der Waals surface area contributed by atoms with Crippen molar-refractivity contribution in [3.8, 4) is 0 Å². The van der Waals surface area contributed by atoms with E-state index < -0.39 is 18.0 Å². The number of benzene rings is 1. The molecule has 1 aromatic carbocycles. The zero-order valence-electron chi connectivity index (χ0n) is 13.3. The van der Waals surface area contributed by atoms with Crippen molar-refractivity contribution in [3.05, 3.63) is 29.3 Å². The third kappa shape index (κ3) is 4.21. The maximum Gasteiger partial charge on any atom is 0.326 e. The lowest BCUT2D eigenvalue weighted by atomic mass is 9.99. The van der Waals surface area contributed by atoms with Crippen molar-refractivity contribution in [2.75, 3.05) is 11.9 Å². The number of aliphatic carboxylic acids is 1. The van der Waals surface area contributed by atoms with Gasteiger partial charge in [0.05, 0.1) is 0 Å². The number of hydrogen-bond acceptors (Lipinski definition) is 2. The molecule has 0 heterocycles. The van der Waals surface area contributed by atoms with Crippen molar-refractivity contribution in [1.82, 2.24) is 5.32 Å². The molecule has 0 fully saturated rings. The number of carbonyl (C=O) groups excluding carboxylic acids is 1. The molecule has 2 atom stereocenters. The van der Waals surface area contributed by atoms with Gasteiger partial charge in [0.2, 0.25) is 0 Å². The number of amides is 2. The molecule has 0 spiro atoms. The molecule has 0 saturated heterocycles. The first-order valence-corrected chi connectivity index (χ1v) is 7.12. The highest BCUT2D eigenvalue weighted by Crippen LogP contribution is 2.20. The van der Waals surface area contributed by atoms with Gasteiger partial charge in [0.15, 0.2) is 0 Å². The molecule has 0 radical (unpaired) electrons. The van der Waals surface area contributed by atoms with Crippen LogP contribution in [0.5, 0.6) is 0 Å². The molecule has 21 heavy (non-hydrogen) atoms. The fourth-order valence-corrected chi connectivity index (χ4v) is 2.20. The maximum absolute atomic E-state index is 12.3. The Bertz CT molecular complexity index is 528. The Hall–Kier alpha value is -2.04. The first-order valence-electron chi connectivity index (χ1n) is 7.12. The Kier molecular flexibility index (Phi) is 5.76. The summed E-state index contributed by atoms with van der Waals surface area (Å²) in [6, 6.07) is 4.49. The number of urea groups is 1. The van der Waals surface area contributed by atoms with Crippen LogP contribution in [0.4, 0.5) is 10.5 Å². The number of rotatable bonds is 5. The van der Waals surface area contributed by atoms with Gasteiger partial charge in [-0.05, 0) is 31.4 Å². The van der Waals surface area contributed by atoms with E-state index in [1.165, 1.54) is 4.90 Å². The van der Waals surface area contributed by atoms with Gasteiger partial charge in [0.25, 0.3) is 0 Å². The second-order valence-electron chi connectivity index (χ2n) is 5.50. The Morgan fingerprint density at radius 1 is 1.33 bits per heavy atom. The molecule has 5 nitrogen and oxygen atoms in total. The van der Waals surface area contributed by atoms with Crippen LogP contribution < -0.4 is 10.2 Å². The zero-order valence-corrected chi connectivity index (χ0v) is 13.3. The number of nitrogens with one attached hydrogen (secondary N) is 1. The van der Waals surface area contributed by atoms with Crippen LogP contribution in [0.1, 0.15) is 31.4 Å². The second-order valence-corrected chi connectivity index (χ2v) is 5.50. The number of hydrogen-bond donors (Lipinski definition) is 2. The summed E-state index contributed by atoms with van der Waals surface area (Å²) in [7, 11) is 1.64. The van der Waals surface area contributed by atoms with Crippen LogP contribution in [0.3, 0.4) is 0 Å². The third-order valence-electron chi connectivity index (χ3n) is 3.78. The molecular weight excluding hydrogens is 268 g/mol. The quantitative estimate of drug-likeness (QED) is 0.876. The molecule has 0 aliphatic heterocycles. The molecule has 0 aliphatic rings. The van der Waals surface area contributed by atoms with E-state index in [0.717, 1.165) is 16.8 Å². The van der Waals surface area contributed by atoms with Gasteiger partial charge in [-0.3, -0.25) is 4.90 Å². The summed E-state index contributed by atoms with van der Waals surface area (Å²) in [5.74, 6) is -1.13. The monoisotopic (exact) mass is 292 g/mol. The molecule has 5 heteroatoms. The Labute approximate surface area is 126 Å². The lowest BCUT2D eigenvalue weighted by molar-refractivity contribution is -0.140. The second kappa shape index (κ2) is 7.11. The van der Waals surface area contributed by atoms with Crippen LogP contribution in [0, 0.1) is 19.8 Å². The SMILES string of the molecule is CCC(C)[C@H](NC(=O)N(C)c1ccc(C)cc1C)C(=O)O. The molecule has 0 bridgehead atoms. The molecule has 0 aromatic heterocycles. The molecule has 0 aliphatic carbocycles. The molecular formula is C16H24N2O3. The van der Waals surface area contributed by atoms with E-state index >= 15 is 0 Å². The highest BCUT2D eigenvalue weighted by Gasteiger charge is 2.27. The van der Waals surface area contributed by atoms with Gasteiger partial charge in [-0.15, -0.1) is 0 Å². The molecule has 1 aromatic rings. The molecule has 1 rings (SSSR count). The smallest absolute Gasteiger partial charge is 0.326 e. The zero-order chi connectivity index (χ0) is 16.2.